The summed E-state index contributed by atoms with van der Waals surface area (Å²) in [5, 5.41) is 7.23. The van der Waals surface area contributed by atoms with Crippen molar-refractivity contribution in [3.63, 3.8) is 0 Å². The fourth-order valence-corrected chi connectivity index (χ4v) is 4.13. The van der Waals surface area contributed by atoms with Gasteiger partial charge in [-0.1, -0.05) is 62.3 Å². The zero-order valence-corrected chi connectivity index (χ0v) is 19.4. The summed E-state index contributed by atoms with van der Waals surface area (Å²) in [4.78, 5) is 19.6. The maximum atomic E-state index is 12.8. The third kappa shape index (κ3) is 5.43. The van der Waals surface area contributed by atoms with E-state index in [1.165, 1.54) is 5.56 Å². The Hall–Kier alpha value is -2.99. The fraction of sp³-hybridized carbons (Fsp3) is 0.423. The van der Waals surface area contributed by atoms with Crippen LogP contribution in [0.1, 0.15) is 50.6 Å². The first kappa shape index (κ1) is 22.2. The number of amides is 1. The topological polar surface area (TPSA) is 71.3 Å². The number of benzene rings is 2. The zero-order chi connectivity index (χ0) is 22.7. The number of nitrogens with zero attached hydrogens (tertiary/aromatic N) is 3. The molecule has 168 valence electrons. The number of hydrogen-bond acceptors (Lipinski definition) is 5. The Balaban J connectivity index is 1.36. The van der Waals surface area contributed by atoms with Gasteiger partial charge in [0.05, 0.1) is 12.5 Å². The Kier molecular flexibility index (Phi) is 6.42. The molecule has 6 heteroatoms. The average Bonchev–Trinajstić information content (AvgIpc) is 3.22. The normalized spacial score (nSPS) is 17.3. The Morgan fingerprint density at radius 3 is 2.69 bits per heavy atom. The Labute approximate surface area is 190 Å². The molecule has 1 aliphatic rings. The van der Waals surface area contributed by atoms with Gasteiger partial charge in [0, 0.05) is 17.8 Å². The molecule has 2 aromatic carbocycles. The average molecular weight is 433 g/mol. The van der Waals surface area contributed by atoms with E-state index in [1.807, 2.05) is 43.3 Å². The Bertz CT molecular complexity index is 1070. The molecule has 0 radical (unpaired) electrons. The van der Waals surface area contributed by atoms with Crippen molar-refractivity contribution < 1.29 is 9.32 Å². The van der Waals surface area contributed by atoms with E-state index >= 15 is 0 Å². The Morgan fingerprint density at radius 1 is 1.19 bits per heavy atom. The van der Waals surface area contributed by atoms with Crippen LogP contribution in [0.25, 0.3) is 11.4 Å². The number of anilines is 1. The van der Waals surface area contributed by atoms with Crippen molar-refractivity contribution in [1.82, 2.24) is 15.0 Å². The van der Waals surface area contributed by atoms with Crippen molar-refractivity contribution >= 4 is 11.6 Å². The fourth-order valence-electron chi connectivity index (χ4n) is 4.13. The summed E-state index contributed by atoms with van der Waals surface area (Å²) in [6, 6.07) is 16.2. The van der Waals surface area contributed by atoms with E-state index in [0.29, 0.717) is 24.8 Å². The highest BCUT2D eigenvalue weighted by Crippen LogP contribution is 2.26. The van der Waals surface area contributed by atoms with Crippen LogP contribution in [-0.2, 0) is 16.8 Å². The van der Waals surface area contributed by atoms with Crippen molar-refractivity contribution in [2.24, 2.45) is 5.92 Å². The van der Waals surface area contributed by atoms with E-state index in [2.05, 4.69) is 53.3 Å². The summed E-state index contributed by atoms with van der Waals surface area (Å²) < 4.78 is 5.52. The molecule has 1 saturated heterocycles. The number of likely N-dealkylation sites (tertiary alicyclic amines) is 1. The zero-order valence-electron chi connectivity index (χ0n) is 19.4. The van der Waals surface area contributed by atoms with E-state index in [1.54, 1.807) is 0 Å². The molecule has 1 N–H and O–H groups in total. The van der Waals surface area contributed by atoms with Crippen LogP contribution in [0.15, 0.2) is 53.1 Å². The summed E-state index contributed by atoms with van der Waals surface area (Å²) in [6.45, 7) is 10.8. The third-order valence-corrected chi connectivity index (χ3v) is 6.00. The summed E-state index contributed by atoms with van der Waals surface area (Å²) in [6.07, 6.45) is 1.87. The van der Waals surface area contributed by atoms with Crippen LogP contribution >= 0.6 is 0 Å². The Morgan fingerprint density at radius 2 is 1.97 bits per heavy atom. The molecule has 1 aromatic heterocycles. The van der Waals surface area contributed by atoms with Gasteiger partial charge in [0.15, 0.2) is 0 Å². The molecule has 0 bridgehead atoms. The monoisotopic (exact) mass is 432 g/mol. The molecule has 1 atom stereocenters. The number of rotatable bonds is 5. The van der Waals surface area contributed by atoms with Crippen LogP contribution in [0.4, 0.5) is 5.69 Å². The lowest BCUT2D eigenvalue weighted by atomic mass is 9.87. The quantitative estimate of drug-likeness (QED) is 0.600. The smallest absolute Gasteiger partial charge is 0.241 e. The number of nitrogens with one attached hydrogen (secondary N) is 1. The highest BCUT2D eigenvalue weighted by atomic mass is 16.5. The van der Waals surface area contributed by atoms with Crippen LogP contribution < -0.4 is 5.32 Å². The lowest BCUT2D eigenvalue weighted by Crippen LogP contribution is -2.40. The molecule has 3 aromatic rings. The van der Waals surface area contributed by atoms with Crippen LogP contribution in [0.2, 0.25) is 0 Å². The number of aromatic nitrogens is 2. The van der Waals surface area contributed by atoms with Crippen molar-refractivity contribution in [1.29, 1.82) is 0 Å². The second-order valence-corrected chi connectivity index (χ2v) is 9.77. The SMILES string of the molecule is Cc1cccc(NC(=O)C2CCCN(Cc3nc(-c4ccc(C(C)(C)C)cc4)no3)C2)c1. The van der Waals surface area contributed by atoms with Gasteiger partial charge in [-0.2, -0.15) is 4.98 Å². The summed E-state index contributed by atoms with van der Waals surface area (Å²) in [5.74, 6) is 1.22. The summed E-state index contributed by atoms with van der Waals surface area (Å²) in [7, 11) is 0. The molecule has 2 heterocycles. The molecule has 32 heavy (non-hydrogen) atoms. The molecule has 1 fully saturated rings. The number of carbonyl (C=O) groups excluding carboxylic acids is 1. The molecule has 4 rings (SSSR count). The lowest BCUT2D eigenvalue weighted by Gasteiger charge is -2.30. The molecule has 1 amide bonds. The second kappa shape index (κ2) is 9.25. The van der Waals surface area contributed by atoms with Gasteiger partial charge in [-0.3, -0.25) is 9.69 Å². The largest absolute Gasteiger partial charge is 0.338 e. The van der Waals surface area contributed by atoms with Gasteiger partial charge in [-0.15, -0.1) is 0 Å². The molecule has 1 aliphatic heterocycles. The van der Waals surface area contributed by atoms with Gasteiger partial charge in [-0.25, -0.2) is 0 Å². The second-order valence-electron chi connectivity index (χ2n) is 9.77. The van der Waals surface area contributed by atoms with Crippen molar-refractivity contribution in [3.05, 3.63) is 65.5 Å². The van der Waals surface area contributed by atoms with Gasteiger partial charge in [0.1, 0.15) is 0 Å². The minimum Gasteiger partial charge on any atom is -0.338 e. The van der Waals surface area contributed by atoms with E-state index < -0.39 is 0 Å². The first-order valence-electron chi connectivity index (χ1n) is 11.3. The van der Waals surface area contributed by atoms with Crippen LogP contribution in [-0.4, -0.2) is 34.0 Å². The number of piperidine rings is 1. The minimum atomic E-state index is -0.0448. The first-order chi connectivity index (χ1) is 15.3. The number of aryl methyl sites for hydroxylation is 1. The molecular weight excluding hydrogens is 400 g/mol. The van der Waals surface area contributed by atoms with Crippen LogP contribution in [0, 0.1) is 12.8 Å². The van der Waals surface area contributed by atoms with Crippen molar-refractivity contribution in [2.75, 3.05) is 18.4 Å². The van der Waals surface area contributed by atoms with Gasteiger partial charge < -0.3 is 9.84 Å². The molecule has 0 spiro atoms. The predicted molar refractivity (Wildman–Crippen MR) is 126 cm³/mol. The first-order valence-corrected chi connectivity index (χ1v) is 11.3. The van der Waals surface area contributed by atoms with E-state index in [4.69, 9.17) is 4.52 Å². The lowest BCUT2D eigenvalue weighted by molar-refractivity contribution is -0.121. The van der Waals surface area contributed by atoms with Crippen molar-refractivity contribution in [3.8, 4) is 11.4 Å². The highest BCUT2D eigenvalue weighted by Gasteiger charge is 2.27. The van der Waals surface area contributed by atoms with Gasteiger partial charge in [-0.05, 0) is 55.0 Å². The van der Waals surface area contributed by atoms with Gasteiger partial charge in [0.25, 0.3) is 0 Å². The predicted octanol–water partition coefficient (Wildman–Crippen LogP) is 5.19. The maximum Gasteiger partial charge on any atom is 0.241 e. The summed E-state index contributed by atoms with van der Waals surface area (Å²) >= 11 is 0. The highest BCUT2D eigenvalue weighted by molar-refractivity contribution is 5.92. The van der Waals surface area contributed by atoms with E-state index in [9.17, 15) is 4.79 Å². The van der Waals surface area contributed by atoms with Gasteiger partial charge in [0.2, 0.25) is 17.6 Å². The molecule has 6 nitrogen and oxygen atoms in total. The molecular formula is C26H32N4O2. The number of carbonyl (C=O) groups is 1. The minimum absolute atomic E-state index is 0.0448. The van der Waals surface area contributed by atoms with E-state index in [0.717, 1.165) is 36.2 Å². The van der Waals surface area contributed by atoms with Crippen LogP contribution in [0.3, 0.4) is 0 Å². The number of hydrogen-bond donors (Lipinski definition) is 1. The summed E-state index contributed by atoms with van der Waals surface area (Å²) in [5.41, 5.74) is 4.31. The van der Waals surface area contributed by atoms with Crippen LogP contribution in [0.5, 0.6) is 0 Å². The van der Waals surface area contributed by atoms with E-state index in [-0.39, 0.29) is 17.2 Å². The standard InChI is InChI=1S/C26H32N4O2/c1-18-7-5-9-22(15-18)27-25(31)20-8-6-14-30(16-20)17-23-28-24(29-32-23)19-10-12-21(13-11-19)26(2,3)4/h5,7,9-13,15,20H,6,8,14,16-17H2,1-4H3,(H,27,31). The molecule has 0 saturated carbocycles. The third-order valence-electron chi connectivity index (χ3n) is 6.00. The molecule has 1 unspecified atom stereocenters. The molecule has 0 aliphatic carbocycles. The maximum absolute atomic E-state index is 12.8. The van der Waals surface area contributed by atoms with Crippen molar-refractivity contribution in [2.45, 2.75) is 52.5 Å². The van der Waals surface area contributed by atoms with Gasteiger partial charge >= 0.3 is 0 Å².